The Bertz CT molecular complexity index is 350. The fraction of sp³-hybridized carbons (Fsp3) is 0.222. The van der Waals surface area contributed by atoms with Crippen molar-refractivity contribution in [2.24, 2.45) is 0 Å². The van der Waals surface area contributed by atoms with E-state index in [1.165, 1.54) is 6.07 Å². The number of hydrogen-bond acceptors (Lipinski definition) is 1. The molecule has 1 N–H and O–H groups in total. The molecule has 0 unspecified atom stereocenters. The average Bonchev–Trinajstić information content (AvgIpc) is 1.99. The Morgan fingerprint density at radius 1 is 1.62 bits per heavy atom. The fourth-order valence-corrected chi connectivity index (χ4v) is 1.26. The summed E-state index contributed by atoms with van der Waals surface area (Å²) in [6, 6.07) is 2.58. The number of carbonyl (C=O) groups is 1. The maximum absolute atomic E-state index is 12.9. The zero-order valence-corrected chi connectivity index (χ0v) is 7.73. The van der Waals surface area contributed by atoms with Crippen LogP contribution in [0, 0.1) is 12.7 Å². The summed E-state index contributed by atoms with van der Waals surface area (Å²) in [6.07, 6.45) is -0.181. The van der Waals surface area contributed by atoms with Crippen molar-refractivity contribution in [1.29, 1.82) is 0 Å². The Morgan fingerprint density at radius 3 is 2.77 bits per heavy atom. The largest absolute Gasteiger partial charge is 0.481 e. The lowest BCUT2D eigenvalue weighted by Gasteiger charge is -2.03. The lowest BCUT2D eigenvalue weighted by molar-refractivity contribution is -0.136. The smallest absolute Gasteiger partial charge is 0.307 e. The number of hydrogen-bond donors (Lipinski definition) is 1. The Balaban J connectivity index is 3.08. The summed E-state index contributed by atoms with van der Waals surface area (Å²) >= 11 is 5.50. The quantitative estimate of drug-likeness (QED) is 0.800. The third-order valence-electron chi connectivity index (χ3n) is 1.72. The van der Waals surface area contributed by atoms with Crippen molar-refractivity contribution in [3.63, 3.8) is 0 Å². The van der Waals surface area contributed by atoms with Gasteiger partial charge in [0.2, 0.25) is 0 Å². The first kappa shape index (κ1) is 9.99. The van der Waals surface area contributed by atoms with Crippen molar-refractivity contribution in [2.45, 2.75) is 13.3 Å². The molecule has 0 aromatic heterocycles. The van der Waals surface area contributed by atoms with Crippen LogP contribution in [-0.4, -0.2) is 11.1 Å². The maximum atomic E-state index is 12.9. The highest BCUT2D eigenvalue weighted by Crippen LogP contribution is 2.19. The molecule has 0 saturated heterocycles. The topological polar surface area (TPSA) is 37.3 Å². The van der Waals surface area contributed by atoms with Crippen LogP contribution in [0.4, 0.5) is 4.39 Å². The minimum Gasteiger partial charge on any atom is -0.481 e. The number of aliphatic carboxylic acids is 1. The summed E-state index contributed by atoms with van der Waals surface area (Å²) in [5, 5.41) is 8.52. The van der Waals surface area contributed by atoms with E-state index in [9.17, 15) is 9.18 Å². The second-order valence-electron chi connectivity index (χ2n) is 2.76. The van der Waals surface area contributed by atoms with Crippen molar-refractivity contribution in [3.05, 3.63) is 34.1 Å². The van der Waals surface area contributed by atoms with E-state index in [4.69, 9.17) is 16.7 Å². The van der Waals surface area contributed by atoms with Gasteiger partial charge in [0.1, 0.15) is 5.82 Å². The summed E-state index contributed by atoms with van der Waals surface area (Å²) in [5.41, 5.74) is 1.14. The van der Waals surface area contributed by atoms with Gasteiger partial charge in [-0.15, -0.1) is 0 Å². The lowest BCUT2D eigenvalue weighted by atomic mass is 10.1. The van der Waals surface area contributed by atoms with Crippen molar-refractivity contribution in [3.8, 4) is 0 Å². The summed E-state index contributed by atoms with van der Waals surface area (Å²) in [4.78, 5) is 10.4. The first-order valence-corrected chi connectivity index (χ1v) is 4.05. The molecule has 0 atom stereocenters. The number of carboxylic acids is 1. The summed E-state index contributed by atoms with van der Waals surface area (Å²) < 4.78 is 12.9. The van der Waals surface area contributed by atoms with Gasteiger partial charge in [-0.05, 0) is 30.2 Å². The zero-order chi connectivity index (χ0) is 10.0. The number of halogens is 2. The van der Waals surface area contributed by atoms with E-state index in [1.807, 2.05) is 0 Å². The molecule has 0 aliphatic rings. The highest BCUT2D eigenvalue weighted by molar-refractivity contribution is 6.30. The molecule has 0 aliphatic heterocycles. The van der Waals surface area contributed by atoms with Crippen LogP contribution in [0.3, 0.4) is 0 Å². The van der Waals surface area contributed by atoms with Gasteiger partial charge in [0.15, 0.2) is 0 Å². The van der Waals surface area contributed by atoms with Crippen LogP contribution in [0.1, 0.15) is 11.1 Å². The standard InChI is InChI=1S/C9H8ClFO2/c1-5-2-7(10)8(11)3-6(5)4-9(12)13/h2-3H,4H2,1H3,(H,12,13). The van der Waals surface area contributed by atoms with Gasteiger partial charge in [-0.25, -0.2) is 4.39 Å². The molecular formula is C9H8ClFO2. The molecule has 1 aromatic rings. The Kier molecular flexibility index (Phi) is 2.88. The Labute approximate surface area is 80.0 Å². The second-order valence-corrected chi connectivity index (χ2v) is 3.17. The highest BCUT2D eigenvalue weighted by Gasteiger charge is 2.08. The molecule has 0 fully saturated rings. The Hall–Kier alpha value is -1.09. The number of benzene rings is 1. The van der Waals surface area contributed by atoms with Crippen molar-refractivity contribution in [1.82, 2.24) is 0 Å². The van der Waals surface area contributed by atoms with Gasteiger partial charge in [-0.1, -0.05) is 11.6 Å². The number of aryl methyl sites for hydroxylation is 1. The molecule has 0 radical (unpaired) electrons. The summed E-state index contributed by atoms with van der Waals surface area (Å²) in [6.45, 7) is 1.70. The molecule has 0 amide bonds. The van der Waals surface area contributed by atoms with Crippen LogP contribution >= 0.6 is 11.6 Å². The van der Waals surface area contributed by atoms with Crippen molar-refractivity contribution in [2.75, 3.05) is 0 Å². The number of carboxylic acid groups (broad SMARTS) is 1. The molecule has 0 saturated carbocycles. The zero-order valence-electron chi connectivity index (χ0n) is 6.97. The minimum absolute atomic E-state index is 0.0200. The van der Waals surface area contributed by atoms with Gasteiger partial charge >= 0.3 is 5.97 Å². The second kappa shape index (κ2) is 3.75. The third kappa shape index (κ3) is 2.42. The van der Waals surface area contributed by atoms with E-state index in [-0.39, 0.29) is 11.4 Å². The van der Waals surface area contributed by atoms with E-state index in [0.29, 0.717) is 11.1 Å². The highest BCUT2D eigenvalue weighted by atomic mass is 35.5. The van der Waals surface area contributed by atoms with Crippen molar-refractivity contribution >= 4 is 17.6 Å². The monoisotopic (exact) mass is 202 g/mol. The van der Waals surface area contributed by atoms with Gasteiger partial charge in [-0.2, -0.15) is 0 Å². The van der Waals surface area contributed by atoms with E-state index >= 15 is 0 Å². The normalized spacial score (nSPS) is 10.1. The van der Waals surface area contributed by atoms with Gasteiger partial charge in [0.25, 0.3) is 0 Å². The first-order chi connectivity index (χ1) is 6.00. The lowest BCUT2D eigenvalue weighted by Crippen LogP contribution is -2.02. The molecule has 1 aromatic carbocycles. The minimum atomic E-state index is -0.982. The molecule has 0 aliphatic carbocycles. The average molecular weight is 203 g/mol. The van der Waals surface area contributed by atoms with Gasteiger partial charge in [0.05, 0.1) is 11.4 Å². The van der Waals surface area contributed by atoms with Crippen LogP contribution < -0.4 is 0 Å². The van der Waals surface area contributed by atoms with Crippen LogP contribution in [0.5, 0.6) is 0 Å². The Morgan fingerprint density at radius 2 is 2.23 bits per heavy atom. The third-order valence-corrected chi connectivity index (χ3v) is 2.01. The fourth-order valence-electron chi connectivity index (χ4n) is 1.04. The SMILES string of the molecule is Cc1cc(Cl)c(F)cc1CC(=O)O. The summed E-state index contributed by atoms with van der Waals surface area (Å²) in [5.74, 6) is -1.56. The van der Waals surface area contributed by atoms with Crippen LogP contribution in [0.15, 0.2) is 12.1 Å². The molecule has 4 heteroatoms. The van der Waals surface area contributed by atoms with Gasteiger partial charge < -0.3 is 5.11 Å². The maximum Gasteiger partial charge on any atom is 0.307 e. The van der Waals surface area contributed by atoms with Crippen molar-refractivity contribution < 1.29 is 14.3 Å². The molecule has 70 valence electrons. The first-order valence-electron chi connectivity index (χ1n) is 3.67. The molecule has 0 heterocycles. The van der Waals surface area contributed by atoms with Gasteiger partial charge in [-0.3, -0.25) is 4.79 Å². The van der Waals surface area contributed by atoms with Crippen LogP contribution in [0.2, 0.25) is 5.02 Å². The van der Waals surface area contributed by atoms with E-state index in [2.05, 4.69) is 0 Å². The molecule has 0 bridgehead atoms. The van der Waals surface area contributed by atoms with E-state index in [1.54, 1.807) is 6.92 Å². The predicted octanol–water partition coefficient (Wildman–Crippen LogP) is 2.41. The van der Waals surface area contributed by atoms with Gasteiger partial charge in [0, 0.05) is 0 Å². The van der Waals surface area contributed by atoms with E-state index in [0.717, 1.165) is 6.07 Å². The van der Waals surface area contributed by atoms with Crippen LogP contribution in [0.25, 0.3) is 0 Å². The molecule has 2 nitrogen and oxygen atoms in total. The molecule has 0 spiro atoms. The molecular weight excluding hydrogens is 195 g/mol. The molecule has 1 rings (SSSR count). The van der Waals surface area contributed by atoms with E-state index < -0.39 is 11.8 Å². The number of rotatable bonds is 2. The van der Waals surface area contributed by atoms with Crippen LogP contribution in [-0.2, 0) is 11.2 Å². The molecule has 13 heavy (non-hydrogen) atoms. The summed E-state index contributed by atoms with van der Waals surface area (Å²) in [7, 11) is 0. The predicted molar refractivity (Wildman–Crippen MR) is 47.5 cm³/mol.